The summed E-state index contributed by atoms with van der Waals surface area (Å²) in [6.45, 7) is 2.84. The SMILES string of the molecule is O=C(C1CC=CCC1)N1CCC(c2nnc3n2CCC3)CC1. The van der Waals surface area contributed by atoms with Crippen molar-refractivity contribution in [3.05, 3.63) is 23.8 Å². The van der Waals surface area contributed by atoms with E-state index >= 15 is 0 Å². The van der Waals surface area contributed by atoms with Crippen LogP contribution in [0.3, 0.4) is 0 Å². The maximum atomic E-state index is 12.6. The van der Waals surface area contributed by atoms with Gasteiger partial charge in [-0.1, -0.05) is 12.2 Å². The molecule has 2 aliphatic heterocycles. The number of aromatic nitrogens is 3. The Morgan fingerprint density at radius 1 is 1.09 bits per heavy atom. The molecule has 0 bridgehead atoms. The first-order valence-electron chi connectivity index (χ1n) is 8.68. The summed E-state index contributed by atoms with van der Waals surface area (Å²) in [5.41, 5.74) is 0. The van der Waals surface area contributed by atoms with Crippen molar-refractivity contribution in [1.29, 1.82) is 0 Å². The van der Waals surface area contributed by atoms with Crippen LogP contribution >= 0.6 is 0 Å². The minimum absolute atomic E-state index is 0.221. The van der Waals surface area contributed by atoms with Gasteiger partial charge in [0.15, 0.2) is 0 Å². The first-order valence-corrected chi connectivity index (χ1v) is 8.68. The van der Waals surface area contributed by atoms with E-state index in [1.165, 1.54) is 12.2 Å². The lowest BCUT2D eigenvalue weighted by Crippen LogP contribution is -2.41. The predicted molar refractivity (Wildman–Crippen MR) is 83.4 cm³/mol. The zero-order valence-corrected chi connectivity index (χ0v) is 13.1. The second-order valence-electron chi connectivity index (χ2n) is 6.81. The second kappa shape index (κ2) is 5.86. The summed E-state index contributed by atoms with van der Waals surface area (Å²) in [7, 11) is 0. The van der Waals surface area contributed by atoms with Crippen molar-refractivity contribution in [2.45, 2.75) is 57.4 Å². The molecule has 0 spiro atoms. The van der Waals surface area contributed by atoms with Crippen LogP contribution in [0.25, 0.3) is 0 Å². The molecule has 1 aromatic rings. The van der Waals surface area contributed by atoms with Gasteiger partial charge in [0.25, 0.3) is 0 Å². The minimum Gasteiger partial charge on any atom is -0.342 e. The quantitative estimate of drug-likeness (QED) is 0.787. The Hall–Kier alpha value is -1.65. The molecule has 5 nitrogen and oxygen atoms in total. The molecule has 0 saturated carbocycles. The maximum absolute atomic E-state index is 12.6. The van der Waals surface area contributed by atoms with Crippen LogP contribution < -0.4 is 0 Å². The highest BCUT2D eigenvalue weighted by molar-refractivity contribution is 5.79. The molecular weight excluding hydrogens is 276 g/mol. The normalized spacial score (nSPS) is 25.5. The van der Waals surface area contributed by atoms with Gasteiger partial charge in [0, 0.05) is 37.9 Å². The van der Waals surface area contributed by atoms with E-state index in [1.807, 2.05) is 0 Å². The smallest absolute Gasteiger partial charge is 0.226 e. The lowest BCUT2D eigenvalue weighted by atomic mass is 9.90. The van der Waals surface area contributed by atoms with Crippen LogP contribution in [0.5, 0.6) is 0 Å². The standard InChI is InChI=1S/C17H24N4O/c22-17(14-5-2-1-3-6-14)20-11-8-13(9-12-20)16-19-18-15-7-4-10-21(15)16/h1-2,13-14H,3-12H2. The summed E-state index contributed by atoms with van der Waals surface area (Å²) in [5.74, 6) is 3.39. The van der Waals surface area contributed by atoms with E-state index in [-0.39, 0.29) is 5.92 Å². The van der Waals surface area contributed by atoms with E-state index in [4.69, 9.17) is 0 Å². The molecular formula is C17H24N4O. The third-order valence-electron chi connectivity index (χ3n) is 5.43. The summed E-state index contributed by atoms with van der Waals surface area (Å²) in [6.07, 6.45) is 11.7. The molecule has 22 heavy (non-hydrogen) atoms. The number of carbonyl (C=O) groups excluding carboxylic acids is 1. The van der Waals surface area contributed by atoms with Crippen LogP contribution in [0.2, 0.25) is 0 Å². The fourth-order valence-corrected chi connectivity index (χ4v) is 4.11. The van der Waals surface area contributed by atoms with Crippen molar-refractivity contribution in [3.63, 3.8) is 0 Å². The topological polar surface area (TPSA) is 51.0 Å². The van der Waals surface area contributed by atoms with Gasteiger partial charge in [-0.05, 0) is 38.5 Å². The zero-order chi connectivity index (χ0) is 14.9. The van der Waals surface area contributed by atoms with Gasteiger partial charge in [0.05, 0.1) is 0 Å². The summed E-state index contributed by atoms with van der Waals surface area (Å²) in [4.78, 5) is 14.7. The van der Waals surface area contributed by atoms with Gasteiger partial charge in [-0.2, -0.15) is 0 Å². The van der Waals surface area contributed by atoms with Gasteiger partial charge in [-0.3, -0.25) is 4.79 Å². The highest BCUT2D eigenvalue weighted by Gasteiger charge is 2.31. The molecule has 0 N–H and O–H groups in total. The van der Waals surface area contributed by atoms with Gasteiger partial charge >= 0.3 is 0 Å². The molecule has 1 aliphatic carbocycles. The van der Waals surface area contributed by atoms with Crippen LogP contribution in [-0.2, 0) is 17.8 Å². The molecule has 1 atom stereocenters. The monoisotopic (exact) mass is 300 g/mol. The molecule has 3 heterocycles. The predicted octanol–water partition coefficient (Wildman–Crippen LogP) is 2.29. The minimum atomic E-state index is 0.221. The number of hydrogen-bond acceptors (Lipinski definition) is 3. The van der Waals surface area contributed by atoms with Crippen LogP contribution in [0.4, 0.5) is 0 Å². The number of likely N-dealkylation sites (tertiary alicyclic amines) is 1. The summed E-state index contributed by atoms with van der Waals surface area (Å²) in [6, 6.07) is 0. The molecule has 4 rings (SSSR count). The molecule has 5 heteroatoms. The highest BCUT2D eigenvalue weighted by Crippen LogP contribution is 2.31. The molecule has 1 unspecified atom stereocenters. The summed E-state index contributed by atoms with van der Waals surface area (Å²) in [5, 5.41) is 8.75. The molecule has 0 radical (unpaired) electrons. The van der Waals surface area contributed by atoms with Crippen molar-refractivity contribution in [1.82, 2.24) is 19.7 Å². The molecule has 1 fully saturated rings. The van der Waals surface area contributed by atoms with Gasteiger partial charge in [-0.25, -0.2) is 0 Å². The number of piperidine rings is 1. The van der Waals surface area contributed by atoms with E-state index in [0.717, 1.165) is 64.0 Å². The first kappa shape index (κ1) is 14.0. The van der Waals surface area contributed by atoms with E-state index in [9.17, 15) is 4.79 Å². The molecule has 1 aromatic heterocycles. The fourth-order valence-electron chi connectivity index (χ4n) is 4.11. The van der Waals surface area contributed by atoms with Crippen LogP contribution in [0, 0.1) is 5.92 Å². The number of nitrogens with zero attached hydrogens (tertiary/aromatic N) is 4. The number of fused-ring (bicyclic) bond motifs is 1. The van der Waals surface area contributed by atoms with Crippen molar-refractivity contribution in [2.24, 2.45) is 5.92 Å². The lowest BCUT2D eigenvalue weighted by molar-refractivity contribution is -0.136. The molecule has 1 amide bonds. The van der Waals surface area contributed by atoms with E-state index in [2.05, 4.69) is 31.8 Å². The van der Waals surface area contributed by atoms with Crippen LogP contribution in [0.1, 0.15) is 56.1 Å². The van der Waals surface area contributed by atoms with Crippen LogP contribution in [0.15, 0.2) is 12.2 Å². The van der Waals surface area contributed by atoms with Crippen molar-refractivity contribution >= 4 is 5.91 Å². The third kappa shape index (κ3) is 2.46. The number of carbonyl (C=O) groups is 1. The van der Waals surface area contributed by atoms with Gasteiger partial charge in [0.1, 0.15) is 11.6 Å². The fraction of sp³-hybridized carbons (Fsp3) is 0.706. The largest absolute Gasteiger partial charge is 0.342 e. The van der Waals surface area contributed by atoms with E-state index in [1.54, 1.807) is 0 Å². The van der Waals surface area contributed by atoms with Gasteiger partial charge < -0.3 is 9.47 Å². The zero-order valence-electron chi connectivity index (χ0n) is 13.1. The number of rotatable bonds is 2. The Labute approximate surface area is 131 Å². The highest BCUT2D eigenvalue weighted by atomic mass is 16.2. The number of amides is 1. The Morgan fingerprint density at radius 3 is 2.73 bits per heavy atom. The third-order valence-corrected chi connectivity index (χ3v) is 5.43. The average molecular weight is 300 g/mol. The number of allylic oxidation sites excluding steroid dienone is 2. The van der Waals surface area contributed by atoms with Crippen molar-refractivity contribution in [2.75, 3.05) is 13.1 Å². The maximum Gasteiger partial charge on any atom is 0.226 e. The van der Waals surface area contributed by atoms with Crippen molar-refractivity contribution < 1.29 is 4.79 Å². The summed E-state index contributed by atoms with van der Waals surface area (Å²) < 4.78 is 2.31. The molecule has 118 valence electrons. The van der Waals surface area contributed by atoms with Gasteiger partial charge in [-0.15, -0.1) is 10.2 Å². The Morgan fingerprint density at radius 2 is 1.95 bits per heavy atom. The summed E-state index contributed by atoms with van der Waals surface area (Å²) >= 11 is 0. The lowest BCUT2D eigenvalue weighted by Gasteiger charge is -2.34. The van der Waals surface area contributed by atoms with Gasteiger partial charge in [0.2, 0.25) is 5.91 Å². The Balaban J connectivity index is 1.38. The van der Waals surface area contributed by atoms with Crippen LogP contribution in [-0.4, -0.2) is 38.7 Å². The second-order valence-corrected chi connectivity index (χ2v) is 6.81. The number of hydrogen-bond donors (Lipinski definition) is 0. The van der Waals surface area contributed by atoms with E-state index in [0.29, 0.717) is 11.8 Å². The van der Waals surface area contributed by atoms with Crippen molar-refractivity contribution in [3.8, 4) is 0 Å². The molecule has 0 aromatic carbocycles. The Bertz CT molecular complexity index is 583. The first-order chi connectivity index (χ1) is 10.8. The Kier molecular flexibility index (Phi) is 3.72. The molecule has 3 aliphatic rings. The average Bonchev–Trinajstić information content (AvgIpc) is 3.18. The number of aryl methyl sites for hydroxylation is 1. The van der Waals surface area contributed by atoms with E-state index < -0.39 is 0 Å². The molecule has 1 saturated heterocycles.